The molecule has 0 saturated heterocycles. The second-order valence-electron chi connectivity index (χ2n) is 6.00. The number of esters is 1. The van der Waals surface area contributed by atoms with Crippen molar-refractivity contribution >= 4 is 11.6 Å². The maximum Gasteiger partial charge on any atom is 0.342 e. The van der Waals surface area contributed by atoms with Crippen molar-refractivity contribution in [3.05, 3.63) is 63.7 Å². The highest BCUT2D eigenvalue weighted by Gasteiger charge is 2.19. The minimum Gasteiger partial charge on any atom is -0.496 e. The van der Waals surface area contributed by atoms with Gasteiger partial charge in [-0.2, -0.15) is 0 Å². The Labute approximate surface area is 161 Å². The van der Waals surface area contributed by atoms with E-state index >= 15 is 0 Å². The van der Waals surface area contributed by atoms with Crippen LogP contribution in [0.5, 0.6) is 17.2 Å². The van der Waals surface area contributed by atoms with Crippen LogP contribution < -0.4 is 19.8 Å². The monoisotopic (exact) mass is 384 g/mol. The minimum absolute atomic E-state index is 0.157. The molecular formula is C20H20N2O6. The van der Waals surface area contributed by atoms with E-state index in [1.54, 1.807) is 18.3 Å². The Morgan fingerprint density at radius 2 is 1.68 bits per heavy atom. The molecule has 2 aromatic heterocycles. The molecule has 1 aromatic carbocycles. The van der Waals surface area contributed by atoms with Crippen LogP contribution in [-0.2, 0) is 11.3 Å². The summed E-state index contributed by atoms with van der Waals surface area (Å²) >= 11 is 0. The average Bonchev–Trinajstić information content (AvgIpc) is 2.71. The smallest absolute Gasteiger partial charge is 0.342 e. The fourth-order valence-electron chi connectivity index (χ4n) is 2.74. The zero-order valence-corrected chi connectivity index (χ0v) is 16.0. The lowest BCUT2D eigenvalue weighted by Gasteiger charge is -2.13. The van der Waals surface area contributed by atoms with Crippen molar-refractivity contribution in [1.29, 1.82) is 0 Å². The zero-order valence-electron chi connectivity index (χ0n) is 16.0. The quantitative estimate of drug-likeness (QED) is 0.603. The largest absolute Gasteiger partial charge is 0.496 e. The third-order valence-corrected chi connectivity index (χ3v) is 4.14. The van der Waals surface area contributed by atoms with Gasteiger partial charge in [-0.1, -0.05) is 6.07 Å². The maximum atomic E-state index is 12.5. The van der Waals surface area contributed by atoms with Crippen LogP contribution in [0.15, 0.2) is 41.3 Å². The molecule has 0 fully saturated rings. The summed E-state index contributed by atoms with van der Waals surface area (Å²) in [4.78, 5) is 29.2. The Balaban J connectivity index is 1.85. The molecule has 0 bridgehead atoms. The lowest BCUT2D eigenvalue weighted by molar-refractivity contribution is 0.0463. The number of aryl methyl sites for hydroxylation is 1. The number of hydrogen-bond donors (Lipinski definition) is 0. The van der Waals surface area contributed by atoms with Crippen molar-refractivity contribution in [1.82, 2.24) is 9.38 Å². The first-order chi connectivity index (χ1) is 13.5. The third-order valence-electron chi connectivity index (χ3n) is 4.14. The van der Waals surface area contributed by atoms with Gasteiger partial charge in [0.05, 0.1) is 27.0 Å². The van der Waals surface area contributed by atoms with Crippen LogP contribution >= 0.6 is 0 Å². The molecule has 28 heavy (non-hydrogen) atoms. The number of rotatable bonds is 6. The predicted octanol–water partition coefficient (Wildman–Crippen LogP) is 2.39. The van der Waals surface area contributed by atoms with Gasteiger partial charge in [-0.25, -0.2) is 9.78 Å². The first kappa shape index (κ1) is 19.2. The van der Waals surface area contributed by atoms with E-state index in [2.05, 4.69) is 4.98 Å². The number of ether oxygens (including phenoxy) is 4. The fraction of sp³-hybridized carbons (Fsp3) is 0.250. The summed E-state index contributed by atoms with van der Waals surface area (Å²) in [6.45, 7) is 1.73. The Hall–Kier alpha value is -3.55. The molecule has 0 aliphatic carbocycles. The lowest BCUT2D eigenvalue weighted by atomic mass is 10.1. The van der Waals surface area contributed by atoms with Gasteiger partial charge in [-0.15, -0.1) is 0 Å². The summed E-state index contributed by atoms with van der Waals surface area (Å²) in [6, 6.07) is 7.95. The van der Waals surface area contributed by atoms with Crippen LogP contribution in [0, 0.1) is 6.92 Å². The van der Waals surface area contributed by atoms with E-state index in [1.807, 2.05) is 13.0 Å². The number of aromatic nitrogens is 2. The molecule has 0 spiro atoms. The molecule has 3 rings (SSSR count). The number of carbonyl (C=O) groups excluding carboxylic acids is 1. The molecule has 0 amide bonds. The summed E-state index contributed by atoms with van der Waals surface area (Å²) in [5, 5.41) is 0. The number of benzene rings is 1. The summed E-state index contributed by atoms with van der Waals surface area (Å²) < 4.78 is 22.4. The highest BCUT2D eigenvalue weighted by atomic mass is 16.5. The Kier molecular flexibility index (Phi) is 5.49. The molecule has 0 unspecified atom stereocenters. The zero-order chi connectivity index (χ0) is 20.3. The number of hydrogen-bond acceptors (Lipinski definition) is 7. The van der Waals surface area contributed by atoms with Crippen LogP contribution in [0.25, 0.3) is 5.65 Å². The molecular weight excluding hydrogens is 364 g/mol. The molecule has 146 valence electrons. The van der Waals surface area contributed by atoms with Crippen molar-refractivity contribution in [2.75, 3.05) is 21.3 Å². The predicted molar refractivity (Wildman–Crippen MR) is 101 cm³/mol. The Morgan fingerprint density at radius 3 is 2.36 bits per heavy atom. The van der Waals surface area contributed by atoms with Crippen LogP contribution in [0.1, 0.15) is 21.6 Å². The van der Waals surface area contributed by atoms with E-state index in [9.17, 15) is 9.59 Å². The molecule has 0 atom stereocenters. The van der Waals surface area contributed by atoms with Gasteiger partial charge in [-0.3, -0.25) is 9.20 Å². The molecule has 3 aromatic rings. The van der Waals surface area contributed by atoms with Crippen LogP contribution in [0.2, 0.25) is 0 Å². The van der Waals surface area contributed by atoms with Gasteiger partial charge >= 0.3 is 5.97 Å². The average molecular weight is 384 g/mol. The van der Waals surface area contributed by atoms with Gasteiger partial charge in [0.25, 0.3) is 5.56 Å². The number of fused-ring (bicyclic) bond motifs is 1. The first-order valence-electron chi connectivity index (χ1n) is 8.43. The highest BCUT2D eigenvalue weighted by molar-refractivity contribution is 5.93. The minimum atomic E-state index is -0.635. The number of carbonyl (C=O) groups is 1. The van der Waals surface area contributed by atoms with E-state index < -0.39 is 5.97 Å². The summed E-state index contributed by atoms with van der Waals surface area (Å²) in [7, 11) is 4.39. The van der Waals surface area contributed by atoms with E-state index in [0.29, 0.717) is 22.8 Å². The summed E-state index contributed by atoms with van der Waals surface area (Å²) in [6.07, 6.45) is 1.70. The van der Waals surface area contributed by atoms with Crippen molar-refractivity contribution in [2.24, 2.45) is 0 Å². The number of nitrogens with zero attached hydrogens (tertiary/aromatic N) is 2. The molecule has 0 aliphatic heterocycles. The van der Waals surface area contributed by atoms with Crippen LogP contribution in [0.4, 0.5) is 0 Å². The van der Waals surface area contributed by atoms with Gasteiger partial charge in [0.15, 0.2) is 11.5 Å². The van der Waals surface area contributed by atoms with Gasteiger partial charge in [0, 0.05) is 24.4 Å². The van der Waals surface area contributed by atoms with Crippen molar-refractivity contribution in [2.45, 2.75) is 13.5 Å². The van der Waals surface area contributed by atoms with E-state index in [0.717, 1.165) is 5.56 Å². The summed E-state index contributed by atoms with van der Waals surface area (Å²) in [5.41, 5.74) is 1.70. The van der Waals surface area contributed by atoms with Gasteiger partial charge in [0.2, 0.25) is 0 Å². The lowest BCUT2D eigenvalue weighted by Crippen LogP contribution is -2.17. The van der Waals surface area contributed by atoms with Gasteiger partial charge in [-0.05, 0) is 18.6 Å². The fourth-order valence-corrected chi connectivity index (χ4v) is 2.74. The standard InChI is InChI=1S/C20H20N2O6/c1-12-5-6-18-21-13(7-19(23)22(18)10-12)11-28-20(24)14-8-16(26-3)17(27-4)9-15(14)25-2/h5-10H,11H2,1-4H3. The van der Waals surface area contributed by atoms with Gasteiger partial charge in [0.1, 0.15) is 23.6 Å². The van der Waals surface area contributed by atoms with Crippen LogP contribution in [-0.4, -0.2) is 36.7 Å². The SMILES string of the molecule is COc1cc(OC)c(C(=O)OCc2cc(=O)n3cc(C)ccc3n2)cc1OC. The van der Waals surface area contributed by atoms with Crippen LogP contribution in [0.3, 0.4) is 0 Å². The summed E-state index contributed by atoms with van der Waals surface area (Å²) in [5.74, 6) is 0.441. The molecule has 0 N–H and O–H groups in total. The molecule has 8 nitrogen and oxygen atoms in total. The molecule has 0 radical (unpaired) electrons. The van der Waals surface area contributed by atoms with E-state index in [1.165, 1.54) is 37.9 Å². The second kappa shape index (κ2) is 7.99. The van der Waals surface area contributed by atoms with Crippen molar-refractivity contribution in [3.63, 3.8) is 0 Å². The Bertz CT molecular complexity index is 1090. The molecule has 0 saturated carbocycles. The number of methoxy groups -OCH3 is 3. The number of pyridine rings is 1. The van der Waals surface area contributed by atoms with Gasteiger partial charge < -0.3 is 18.9 Å². The topological polar surface area (TPSA) is 88.4 Å². The van der Waals surface area contributed by atoms with Crippen molar-refractivity contribution in [3.8, 4) is 17.2 Å². The molecule has 0 aliphatic rings. The Morgan fingerprint density at radius 1 is 1.00 bits per heavy atom. The molecule has 8 heteroatoms. The third kappa shape index (κ3) is 3.75. The van der Waals surface area contributed by atoms with Crippen molar-refractivity contribution < 1.29 is 23.7 Å². The first-order valence-corrected chi connectivity index (χ1v) is 8.43. The van der Waals surface area contributed by atoms with E-state index in [4.69, 9.17) is 18.9 Å². The maximum absolute atomic E-state index is 12.5. The van der Waals surface area contributed by atoms with E-state index in [-0.39, 0.29) is 23.5 Å². The highest BCUT2D eigenvalue weighted by Crippen LogP contribution is 2.35. The normalized spacial score (nSPS) is 10.6. The second-order valence-corrected chi connectivity index (χ2v) is 6.00. The molecule has 2 heterocycles.